The molecule has 2 aromatic carbocycles. The van der Waals surface area contributed by atoms with Crippen LogP contribution in [0.25, 0.3) is 21.9 Å². The lowest BCUT2D eigenvalue weighted by molar-refractivity contribution is 0.599. The molecule has 0 saturated carbocycles. The van der Waals surface area contributed by atoms with Crippen molar-refractivity contribution in [1.82, 2.24) is 4.57 Å². The van der Waals surface area contributed by atoms with Gasteiger partial charge in [-0.05, 0) is 45.5 Å². The summed E-state index contributed by atoms with van der Waals surface area (Å²) in [5.74, 6) is 0.0892. The molecule has 1 heterocycles. The molecule has 0 atom stereocenters. The van der Waals surface area contributed by atoms with Crippen LogP contribution >= 0.6 is 0 Å². The van der Waals surface area contributed by atoms with E-state index in [1.807, 2.05) is 43.7 Å². The quantitative estimate of drug-likeness (QED) is 0.608. The summed E-state index contributed by atoms with van der Waals surface area (Å²) in [6.07, 6.45) is 4.17. The van der Waals surface area contributed by atoms with Crippen LogP contribution in [0.1, 0.15) is 25.3 Å². The van der Waals surface area contributed by atoms with Crippen molar-refractivity contribution in [3.8, 4) is 11.1 Å². The van der Waals surface area contributed by atoms with E-state index in [0.717, 1.165) is 16.7 Å². The molecule has 102 valence electrons. The summed E-state index contributed by atoms with van der Waals surface area (Å²) in [5.41, 5.74) is 2.75. The molecule has 0 fully saturated rings. The van der Waals surface area contributed by atoms with Gasteiger partial charge in [0.15, 0.2) is 0 Å². The molecule has 0 aliphatic heterocycles. The molecule has 0 spiro atoms. The first-order valence-electron chi connectivity index (χ1n) is 6.90. The first kappa shape index (κ1) is 12.9. The van der Waals surface area contributed by atoms with E-state index in [0.29, 0.717) is 0 Å². The number of aromatic nitrogens is 1. The highest BCUT2D eigenvalue weighted by Gasteiger charge is 2.09. The van der Waals surface area contributed by atoms with Crippen LogP contribution in [0.4, 0.5) is 4.39 Å². The Kier molecular flexibility index (Phi) is 3.09. The second kappa shape index (κ2) is 4.78. The van der Waals surface area contributed by atoms with Crippen molar-refractivity contribution in [1.29, 1.82) is 0 Å². The van der Waals surface area contributed by atoms with E-state index in [2.05, 4.69) is 24.5 Å². The summed E-state index contributed by atoms with van der Waals surface area (Å²) in [6.45, 7) is 4.02. The topological polar surface area (TPSA) is 4.93 Å². The third-order valence-corrected chi connectivity index (χ3v) is 3.73. The zero-order valence-electron chi connectivity index (χ0n) is 12.0. The van der Waals surface area contributed by atoms with Gasteiger partial charge in [0.05, 0.1) is 0 Å². The molecule has 0 bridgehead atoms. The first-order valence-corrected chi connectivity index (χ1v) is 6.90. The lowest BCUT2D eigenvalue weighted by Gasteiger charge is -2.09. The van der Waals surface area contributed by atoms with Crippen LogP contribution < -0.4 is 0 Å². The van der Waals surface area contributed by atoms with Crippen LogP contribution in [-0.4, -0.2) is 4.57 Å². The number of hydrogen-bond donors (Lipinski definition) is 0. The maximum Gasteiger partial charge on any atom is 0.127 e. The third-order valence-electron chi connectivity index (χ3n) is 3.73. The summed E-state index contributed by atoms with van der Waals surface area (Å²) in [6, 6.07) is 11.8. The molecule has 1 nitrogen and oxygen atoms in total. The zero-order valence-corrected chi connectivity index (χ0v) is 12.0. The Bertz CT molecular complexity index is 768. The van der Waals surface area contributed by atoms with Crippen molar-refractivity contribution in [2.45, 2.75) is 19.8 Å². The van der Waals surface area contributed by atoms with E-state index in [-0.39, 0.29) is 11.7 Å². The highest BCUT2D eigenvalue weighted by atomic mass is 19.1. The van der Waals surface area contributed by atoms with Crippen LogP contribution in [0.5, 0.6) is 0 Å². The molecule has 0 N–H and O–H groups in total. The van der Waals surface area contributed by atoms with E-state index in [1.165, 1.54) is 10.8 Å². The van der Waals surface area contributed by atoms with Crippen molar-refractivity contribution in [3.63, 3.8) is 0 Å². The van der Waals surface area contributed by atoms with Crippen LogP contribution in [0.3, 0.4) is 0 Å². The van der Waals surface area contributed by atoms with Crippen LogP contribution in [0, 0.1) is 5.82 Å². The Hall–Kier alpha value is -2.09. The highest BCUT2D eigenvalue weighted by Crippen LogP contribution is 2.28. The predicted molar refractivity (Wildman–Crippen MR) is 82.4 cm³/mol. The lowest BCUT2D eigenvalue weighted by Crippen LogP contribution is -1.93. The molecule has 0 saturated heterocycles. The van der Waals surface area contributed by atoms with Gasteiger partial charge in [0.25, 0.3) is 0 Å². The van der Waals surface area contributed by atoms with E-state index in [4.69, 9.17) is 0 Å². The Morgan fingerprint density at radius 1 is 0.900 bits per heavy atom. The highest BCUT2D eigenvalue weighted by molar-refractivity contribution is 5.87. The fourth-order valence-electron chi connectivity index (χ4n) is 2.63. The first-order chi connectivity index (χ1) is 9.54. The van der Waals surface area contributed by atoms with Crippen molar-refractivity contribution in [3.05, 3.63) is 60.2 Å². The average molecular weight is 267 g/mol. The number of halogens is 1. The number of fused-ring (bicyclic) bond motifs is 1. The molecule has 0 unspecified atom stereocenters. The summed E-state index contributed by atoms with van der Waals surface area (Å²) >= 11 is 0. The van der Waals surface area contributed by atoms with Gasteiger partial charge in [0.2, 0.25) is 0 Å². The lowest BCUT2D eigenvalue weighted by atomic mass is 9.97. The number of rotatable bonds is 2. The van der Waals surface area contributed by atoms with Gasteiger partial charge in [-0.3, -0.25) is 0 Å². The number of hydrogen-bond acceptors (Lipinski definition) is 0. The van der Waals surface area contributed by atoms with Crippen LogP contribution in [0.15, 0.2) is 48.8 Å². The van der Waals surface area contributed by atoms with Crippen LogP contribution in [0.2, 0.25) is 0 Å². The van der Waals surface area contributed by atoms with Gasteiger partial charge >= 0.3 is 0 Å². The summed E-state index contributed by atoms with van der Waals surface area (Å²) in [5, 5.41) is 2.38. The Morgan fingerprint density at radius 3 is 2.25 bits per heavy atom. The standard InChI is InChI=1S/C18H18FN/c1-12(2)17-7-6-14(9-18(17)19)13-4-5-15-10-20(3)11-16(15)8-13/h4-12H,1-3H3. The maximum atomic E-state index is 14.1. The Labute approximate surface area is 118 Å². The number of benzene rings is 2. The summed E-state index contributed by atoms with van der Waals surface area (Å²) in [7, 11) is 2.01. The van der Waals surface area contributed by atoms with Gasteiger partial charge in [-0.15, -0.1) is 0 Å². The van der Waals surface area contributed by atoms with Crippen molar-refractivity contribution >= 4 is 10.8 Å². The molecule has 0 aliphatic carbocycles. The van der Waals surface area contributed by atoms with Gasteiger partial charge in [-0.2, -0.15) is 0 Å². The van der Waals surface area contributed by atoms with Gasteiger partial charge in [-0.1, -0.05) is 38.1 Å². The summed E-state index contributed by atoms with van der Waals surface area (Å²) in [4.78, 5) is 0. The Morgan fingerprint density at radius 2 is 1.55 bits per heavy atom. The van der Waals surface area contributed by atoms with Gasteiger partial charge in [0.1, 0.15) is 5.82 Å². The predicted octanol–water partition coefficient (Wildman–Crippen LogP) is 5.11. The van der Waals surface area contributed by atoms with Crippen molar-refractivity contribution in [2.24, 2.45) is 7.05 Å². The molecular weight excluding hydrogens is 249 g/mol. The van der Waals surface area contributed by atoms with E-state index in [9.17, 15) is 4.39 Å². The van der Waals surface area contributed by atoms with E-state index >= 15 is 0 Å². The van der Waals surface area contributed by atoms with Gasteiger partial charge in [-0.25, -0.2) is 4.39 Å². The molecule has 2 heteroatoms. The molecular formula is C18H18FN. The fraction of sp³-hybridized carbons (Fsp3) is 0.222. The maximum absolute atomic E-state index is 14.1. The normalized spacial score (nSPS) is 11.4. The number of nitrogens with zero attached hydrogens (tertiary/aromatic N) is 1. The van der Waals surface area contributed by atoms with Crippen molar-refractivity contribution in [2.75, 3.05) is 0 Å². The molecule has 0 radical (unpaired) electrons. The molecule has 3 rings (SSSR count). The zero-order chi connectivity index (χ0) is 14.3. The van der Waals surface area contributed by atoms with Crippen LogP contribution in [-0.2, 0) is 7.05 Å². The minimum absolute atomic E-state index is 0.120. The second-order valence-corrected chi connectivity index (χ2v) is 5.66. The SMILES string of the molecule is CC(C)c1ccc(-c2ccc3cn(C)cc3c2)cc1F. The van der Waals surface area contributed by atoms with Gasteiger partial charge < -0.3 is 4.57 Å². The fourth-order valence-corrected chi connectivity index (χ4v) is 2.63. The molecule has 1 aromatic heterocycles. The van der Waals surface area contributed by atoms with E-state index < -0.39 is 0 Å². The second-order valence-electron chi connectivity index (χ2n) is 5.66. The average Bonchev–Trinajstić information content (AvgIpc) is 2.77. The minimum atomic E-state index is -0.120. The summed E-state index contributed by atoms with van der Waals surface area (Å²) < 4.78 is 16.1. The van der Waals surface area contributed by atoms with Crippen molar-refractivity contribution < 1.29 is 4.39 Å². The largest absolute Gasteiger partial charge is 0.356 e. The molecule has 0 aliphatic rings. The van der Waals surface area contributed by atoms with E-state index in [1.54, 1.807) is 6.07 Å². The molecule has 0 amide bonds. The third kappa shape index (κ3) is 2.22. The number of aryl methyl sites for hydroxylation is 1. The Balaban J connectivity index is 2.08. The molecule has 3 aromatic rings. The smallest absolute Gasteiger partial charge is 0.127 e. The molecule has 20 heavy (non-hydrogen) atoms. The van der Waals surface area contributed by atoms with Gasteiger partial charge in [0, 0.05) is 19.4 Å². The monoisotopic (exact) mass is 267 g/mol. The minimum Gasteiger partial charge on any atom is -0.356 e.